The lowest BCUT2D eigenvalue weighted by atomic mass is 10.2. The summed E-state index contributed by atoms with van der Waals surface area (Å²) >= 11 is 0. The van der Waals surface area contributed by atoms with E-state index < -0.39 is 15.2 Å². The van der Waals surface area contributed by atoms with E-state index in [1.165, 1.54) is 0 Å². The number of hydrogen-bond donors (Lipinski definition) is 0. The summed E-state index contributed by atoms with van der Waals surface area (Å²) in [5.41, 5.74) is 0. The van der Waals surface area contributed by atoms with Crippen molar-refractivity contribution in [3.63, 3.8) is 0 Å². The van der Waals surface area contributed by atoms with Gasteiger partial charge in [0, 0.05) is 31.9 Å². The Morgan fingerprint density at radius 1 is 1.39 bits per heavy atom. The minimum atomic E-state index is -3.25. The Kier molecular flexibility index (Phi) is 2.60. The number of nitrogens with zero attached hydrogens (tertiary/aromatic N) is 3. The number of pyridine rings is 1. The molecule has 1 aromatic heterocycles. The monoisotopic (exact) mass is 267 g/mol. The van der Waals surface area contributed by atoms with Crippen LogP contribution in [-0.4, -0.2) is 49.4 Å². The van der Waals surface area contributed by atoms with Gasteiger partial charge in [-0.2, -0.15) is 0 Å². The third-order valence-electron chi connectivity index (χ3n) is 3.78. The van der Waals surface area contributed by atoms with Crippen molar-refractivity contribution in [1.29, 1.82) is 0 Å². The lowest BCUT2D eigenvalue weighted by Gasteiger charge is -2.39. The molecule has 0 bridgehead atoms. The molecule has 0 amide bonds. The van der Waals surface area contributed by atoms with Crippen molar-refractivity contribution in [2.45, 2.75) is 30.2 Å². The second kappa shape index (κ2) is 3.93. The highest BCUT2D eigenvalue weighted by Crippen LogP contribution is 2.38. The first kappa shape index (κ1) is 11.9. The highest BCUT2D eigenvalue weighted by molar-refractivity contribution is 7.92. The molecule has 3 rings (SSSR count). The molecule has 2 aliphatic heterocycles. The van der Waals surface area contributed by atoms with Gasteiger partial charge in [0.2, 0.25) is 9.84 Å². The molecule has 5 nitrogen and oxygen atoms in total. The second-order valence-corrected chi connectivity index (χ2v) is 7.18. The van der Waals surface area contributed by atoms with Crippen LogP contribution in [-0.2, 0) is 9.84 Å². The number of anilines is 1. The van der Waals surface area contributed by atoms with Gasteiger partial charge in [0.05, 0.1) is 0 Å². The van der Waals surface area contributed by atoms with E-state index in [0.717, 1.165) is 13.1 Å². The summed E-state index contributed by atoms with van der Waals surface area (Å²) in [5, 5.41) is -0.460. The Morgan fingerprint density at radius 2 is 2.17 bits per heavy atom. The maximum atomic E-state index is 12.5. The molecule has 98 valence electrons. The summed E-state index contributed by atoms with van der Waals surface area (Å²) in [5.74, 6) is 0.630. The molecule has 2 aliphatic rings. The predicted molar refractivity (Wildman–Crippen MR) is 69.3 cm³/mol. The van der Waals surface area contributed by atoms with Crippen molar-refractivity contribution in [3.05, 3.63) is 18.3 Å². The average molecular weight is 267 g/mol. The zero-order valence-electron chi connectivity index (χ0n) is 10.6. The molecule has 0 radical (unpaired) electrons. The summed E-state index contributed by atoms with van der Waals surface area (Å²) in [6, 6.07) is 3.73. The highest BCUT2D eigenvalue weighted by atomic mass is 32.2. The molecule has 6 heteroatoms. The van der Waals surface area contributed by atoms with Crippen LogP contribution in [0.3, 0.4) is 0 Å². The summed E-state index contributed by atoms with van der Waals surface area (Å²) < 4.78 is 25.0. The summed E-state index contributed by atoms with van der Waals surface area (Å²) in [6.07, 6.45) is 1.66. The lowest BCUT2D eigenvalue weighted by Crippen LogP contribution is -2.55. The van der Waals surface area contributed by atoms with Crippen LogP contribution in [0.25, 0.3) is 0 Å². The molecule has 1 atom stereocenters. The van der Waals surface area contributed by atoms with Gasteiger partial charge in [-0.15, -0.1) is 0 Å². The van der Waals surface area contributed by atoms with Gasteiger partial charge < -0.3 is 4.90 Å². The van der Waals surface area contributed by atoms with Gasteiger partial charge in [-0.05, 0) is 26.0 Å². The number of piperazine rings is 1. The first-order valence-corrected chi connectivity index (χ1v) is 7.76. The lowest BCUT2D eigenvalue weighted by molar-refractivity contribution is 0.200. The van der Waals surface area contributed by atoms with Gasteiger partial charge >= 0.3 is 0 Å². The van der Waals surface area contributed by atoms with Crippen molar-refractivity contribution in [3.8, 4) is 0 Å². The van der Waals surface area contributed by atoms with Crippen LogP contribution in [0.4, 0.5) is 5.82 Å². The van der Waals surface area contributed by atoms with Crippen LogP contribution in [0, 0.1) is 0 Å². The molecule has 3 heterocycles. The third kappa shape index (κ3) is 1.55. The van der Waals surface area contributed by atoms with Crippen LogP contribution < -0.4 is 4.90 Å². The van der Waals surface area contributed by atoms with Gasteiger partial charge in [-0.1, -0.05) is 0 Å². The molecular formula is C12H17N3O2S. The van der Waals surface area contributed by atoms with Gasteiger partial charge in [0.25, 0.3) is 0 Å². The van der Waals surface area contributed by atoms with Gasteiger partial charge in [-0.25, -0.2) is 13.4 Å². The van der Waals surface area contributed by atoms with Crippen molar-refractivity contribution in [1.82, 2.24) is 9.88 Å². The molecule has 0 saturated carbocycles. The first-order chi connectivity index (χ1) is 8.51. The Balaban J connectivity index is 2.03. The Hall–Kier alpha value is -1.14. The SMILES string of the molecule is CC(C)N1CCN2c3ncccc3S(=O)(=O)[C@H]2C1. The number of rotatable bonds is 1. The van der Waals surface area contributed by atoms with Crippen LogP contribution in [0.5, 0.6) is 0 Å². The minimum absolute atomic E-state index is 0.374. The van der Waals surface area contributed by atoms with E-state index in [4.69, 9.17) is 0 Å². The predicted octanol–water partition coefficient (Wildman–Crippen LogP) is 0.725. The maximum absolute atomic E-state index is 12.5. The quantitative estimate of drug-likeness (QED) is 0.750. The highest BCUT2D eigenvalue weighted by Gasteiger charge is 2.46. The summed E-state index contributed by atoms with van der Waals surface area (Å²) in [4.78, 5) is 8.77. The molecule has 18 heavy (non-hydrogen) atoms. The number of sulfone groups is 1. The Morgan fingerprint density at radius 3 is 2.89 bits per heavy atom. The van der Waals surface area contributed by atoms with Crippen molar-refractivity contribution >= 4 is 15.7 Å². The van der Waals surface area contributed by atoms with Gasteiger partial charge in [-0.3, -0.25) is 4.90 Å². The van der Waals surface area contributed by atoms with Crippen LogP contribution in [0.2, 0.25) is 0 Å². The number of aromatic nitrogens is 1. The third-order valence-corrected chi connectivity index (χ3v) is 5.84. The topological polar surface area (TPSA) is 53.5 Å². The van der Waals surface area contributed by atoms with E-state index in [1.807, 2.05) is 4.90 Å². The fourth-order valence-electron chi connectivity index (χ4n) is 2.71. The first-order valence-electron chi connectivity index (χ1n) is 6.21. The fraction of sp³-hybridized carbons (Fsp3) is 0.583. The number of hydrogen-bond acceptors (Lipinski definition) is 5. The minimum Gasteiger partial charge on any atom is -0.336 e. The van der Waals surface area contributed by atoms with Crippen LogP contribution >= 0.6 is 0 Å². The zero-order valence-corrected chi connectivity index (χ0v) is 11.4. The molecule has 0 spiro atoms. The normalized spacial score (nSPS) is 26.2. The molecule has 0 aromatic carbocycles. The molecule has 1 fully saturated rings. The van der Waals surface area contributed by atoms with E-state index in [1.54, 1.807) is 18.3 Å². The molecule has 0 N–H and O–H groups in total. The Labute approximate surface area is 107 Å². The van der Waals surface area contributed by atoms with E-state index in [9.17, 15) is 8.42 Å². The Bertz CT molecular complexity index is 570. The maximum Gasteiger partial charge on any atom is 0.204 e. The van der Waals surface area contributed by atoms with Crippen molar-refractivity contribution in [2.75, 3.05) is 24.5 Å². The van der Waals surface area contributed by atoms with Crippen molar-refractivity contribution < 1.29 is 8.42 Å². The van der Waals surface area contributed by atoms with Gasteiger partial charge in [0.1, 0.15) is 10.7 Å². The van der Waals surface area contributed by atoms with Gasteiger partial charge in [0.15, 0.2) is 5.37 Å². The molecule has 1 aromatic rings. The van der Waals surface area contributed by atoms with E-state index >= 15 is 0 Å². The number of fused-ring (bicyclic) bond motifs is 3. The second-order valence-electron chi connectivity index (χ2n) is 5.11. The molecule has 0 aliphatic carbocycles. The van der Waals surface area contributed by atoms with Crippen LogP contribution in [0.1, 0.15) is 13.8 Å². The van der Waals surface area contributed by atoms with Crippen LogP contribution in [0.15, 0.2) is 23.2 Å². The molecule has 1 saturated heterocycles. The standard InChI is InChI=1S/C12H17N3O2S/c1-9(2)14-6-7-15-11(8-14)18(16,17)10-4-3-5-13-12(10)15/h3-5,9,11H,6-8H2,1-2H3/t11-/m0/s1. The molecule has 0 unspecified atom stereocenters. The fourth-order valence-corrected chi connectivity index (χ4v) is 4.63. The smallest absolute Gasteiger partial charge is 0.204 e. The van der Waals surface area contributed by atoms with E-state index in [0.29, 0.717) is 23.3 Å². The largest absolute Gasteiger partial charge is 0.336 e. The van der Waals surface area contributed by atoms with Crippen molar-refractivity contribution in [2.24, 2.45) is 0 Å². The summed E-state index contributed by atoms with van der Waals surface area (Å²) in [6.45, 7) is 6.38. The average Bonchev–Trinajstić information content (AvgIpc) is 2.59. The van der Waals surface area contributed by atoms with E-state index in [-0.39, 0.29) is 0 Å². The van der Waals surface area contributed by atoms with E-state index in [2.05, 4.69) is 23.7 Å². The summed E-state index contributed by atoms with van der Waals surface area (Å²) in [7, 11) is -3.25. The molecular weight excluding hydrogens is 250 g/mol. The zero-order chi connectivity index (χ0) is 12.9.